The molecule has 3 rings (SSSR count). The largest absolute Gasteiger partial charge is 0.508 e. The fraction of sp³-hybridized carbons (Fsp3) is 0.545. The lowest BCUT2D eigenvalue weighted by molar-refractivity contribution is -0.123. The monoisotopic (exact) mass is 437 g/mol. The molecule has 1 saturated carbocycles. The minimum atomic E-state index is -2.84. The van der Waals surface area contributed by atoms with Crippen LogP contribution < -0.4 is 5.32 Å². The maximum atomic E-state index is 14.4. The maximum Gasteiger partial charge on any atom is 0.251 e. The number of rotatable bonds is 10. The third-order valence-corrected chi connectivity index (χ3v) is 7.08. The Morgan fingerprint density at radius 1 is 1.33 bits per heavy atom. The van der Waals surface area contributed by atoms with Crippen LogP contribution in [-0.4, -0.2) is 53.5 Å². The number of aromatic nitrogens is 1. The quantitative estimate of drug-likeness (QED) is 0.589. The molecule has 0 aliphatic heterocycles. The third-order valence-electron chi connectivity index (χ3n) is 6.19. The number of hydrogen-bond donors (Lipinski definition) is 2. The molecule has 1 aromatic carbocycles. The SMILES string of the molecule is CN(C)[C@H](CNC(=O)C[C@H](c1cncs1)C1(C(C)(F)F)CC1)Cc1ccc(O)cc1. The first-order valence-corrected chi connectivity index (χ1v) is 11.0. The van der Waals surface area contributed by atoms with Gasteiger partial charge in [-0.1, -0.05) is 12.1 Å². The lowest BCUT2D eigenvalue weighted by atomic mass is 9.80. The Hall–Kier alpha value is -2.06. The van der Waals surface area contributed by atoms with E-state index in [4.69, 9.17) is 0 Å². The summed E-state index contributed by atoms with van der Waals surface area (Å²) in [5.41, 5.74) is 1.53. The molecule has 2 atom stereocenters. The van der Waals surface area contributed by atoms with Gasteiger partial charge < -0.3 is 15.3 Å². The summed E-state index contributed by atoms with van der Waals surface area (Å²) in [5, 5.41) is 12.4. The zero-order valence-corrected chi connectivity index (χ0v) is 18.4. The lowest BCUT2D eigenvalue weighted by Crippen LogP contribution is -2.42. The Bertz CT molecular complexity index is 831. The van der Waals surface area contributed by atoms with Gasteiger partial charge in [0, 0.05) is 41.4 Å². The van der Waals surface area contributed by atoms with Crippen LogP contribution in [0, 0.1) is 5.41 Å². The predicted octanol–water partition coefficient (Wildman–Crippen LogP) is 4.05. The molecular weight excluding hydrogens is 408 g/mol. The molecule has 0 spiro atoms. The average Bonchev–Trinajstić information content (AvgIpc) is 3.32. The number of nitrogens with one attached hydrogen (secondary N) is 1. The second kappa shape index (κ2) is 8.98. The van der Waals surface area contributed by atoms with Gasteiger partial charge in [0.2, 0.25) is 5.91 Å². The van der Waals surface area contributed by atoms with Crippen LogP contribution in [0.3, 0.4) is 0 Å². The van der Waals surface area contributed by atoms with Gasteiger partial charge in [0.25, 0.3) is 5.92 Å². The molecule has 30 heavy (non-hydrogen) atoms. The highest BCUT2D eigenvalue weighted by atomic mass is 32.1. The van der Waals surface area contributed by atoms with Gasteiger partial charge in [0.05, 0.1) is 5.51 Å². The molecule has 2 N–H and O–H groups in total. The summed E-state index contributed by atoms with van der Waals surface area (Å²) < 4.78 is 28.7. The first-order valence-electron chi connectivity index (χ1n) is 10.1. The highest BCUT2D eigenvalue weighted by Gasteiger charge is 2.64. The van der Waals surface area contributed by atoms with E-state index < -0.39 is 17.3 Å². The second-order valence-electron chi connectivity index (χ2n) is 8.50. The minimum Gasteiger partial charge on any atom is -0.508 e. The Labute approximate surface area is 180 Å². The fourth-order valence-corrected chi connectivity index (χ4v) is 4.86. The topological polar surface area (TPSA) is 65.5 Å². The molecule has 1 amide bonds. The molecule has 0 saturated heterocycles. The highest BCUT2D eigenvalue weighted by molar-refractivity contribution is 7.09. The van der Waals surface area contributed by atoms with Crippen molar-refractivity contribution >= 4 is 17.2 Å². The van der Waals surface area contributed by atoms with E-state index in [-0.39, 0.29) is 24.1 Å². The van der Waals surface area contributed by atoms with Gasteiger partial charge in [-0.25, -0.2) is 8.78 Å². The van der Waals surface area contributed by atoms with Crippen LogP contribution >= 0.6 is 11.3 Å². The van der Waals surface area contributed by atoms with Crippen molar-refractivity contribution in [1.82, 2.24) is 15.2 Å². The summed E-state index contributed by atoms with van der Waals surface area (Å²) in [6.45, 7) is 1.38. The highest BCUT2D eigenvalue weighted by Crippen LogP contribution is 2.65. The number of alkyl halides is 2. The van der Waals surface area contributed by atoms with E-state index in [9.17, 15) is 18.7 Å². The van der Waals surface area contributed by atoms with E-state index in [0.717, 1.165) is 17.4 Å². The summed E-state index contributed by atoms with van der Waals surface area (Å²) in [7, 11) is 3.88. The summed E-state index contributed by atoms with van der Waals surface area (Å²) in [5.74, 6) is -3.38. The van der Waals surface area contributed by atoms with Crippen LogP contribution in [0.4, 0.5) is 8.78 Å². The molecule has 1 aliphatic carbocycles. The standard InChI is InChI=1S/C22H29F2N3O2S/c1-21(23,24)22(8-9-22)18(19-13-25-14-30-19)11-20(29)26-12-16(27(2)3)10-15-4-6-17(28)7-5-15/h4-7,13-14,16,18,28H,8-12H2,1-3H3,(H,26,29)/t16-,18+/m0/s1. The smallest absolute Gasteiger partial charge is 0.251 e. The van der Waals surface area contributed by atoms with Crippen LogP contribution in [0.5, 0.6) is 5.75 Å². The van der Waals surface area contributed by atoms with Crippen molar-refractivity contribution in [2.45, 2.75) is 50.5 Å². The Kier molecular flexibility index (Phi) is 6.77. The number of phenols is 1. The maximum absolute atomic E-state index is 14.4. The van der Waals surface area contributed by atoms with Gasteiger partial charge in [-0.2, -0.15) is 0 Å². The summed E-state index contributed by atoms with van der Waals surface area (Å²) in [6, 6.07) is 7.03. The Balaban J connectivity index is 1.64. The number of benzene rings is 1. The van der Waals surface area contributed by atoms with Crippen LogP contribution in [0.1, 0.15) is 42.5 Å². The normalized spacial score (nSPS) is 17.5. The average molecular weight is 438 g/mol. The summed E-state index contributed by atoms with van der Waals surface area (Å²) >= 11 is 1.34. The molecule has 5 nitrogen and oxygen atoms in total. The number of aromatic hydroxyl groups is 1. The van der Waals surface area contributed by atoms with E-state index in [1.807, 2.05) is 31.1 Å². The number of nitrogens with zero attached hydrogens (tertiary/aromatic N) is 2. The van der Waals surface area contributed by atoms with Gasteiger partial charge in [-0.3, -0.25) is 9.78 Å². The molecule has 1 aromatic heterocycles. The molecule has 0 bridgehead atoms. The van der Waals surface area contributed by atoms with Gasteiger partial charge in [-0.15, -0.1) is 11.3 Å². The number of carbonyl (C=O) groups is 1. The molecule has 8 heteroatoms. The summed E-state index contributed by atoms with van der Waals surface area (Å²) in [6.07, 6.45) is 3.19. The van der Waals surface area contributed by atoms with Crippen LogP contribution in [0.2, 0.25) is 0 Å². The zero-order valence-electron chi connectivity index (χ0n) is 17.6. The van der Waals surface area contributed by atoms with E-state index in [1.54, 1.807) is 23.8 Å². The van der Waals surface area contributed by atoms with Gasteiger partial charge in [-0.05, 0) is 58.0 Å². The van der Waals surface area contributed by atoms with Crippen molar-refractivity contribution < 1.29 is 18.7 Å². The Morgan fingerprint density at radius 2 is 2.00 bits per heavy atom. The van der Waals surface area contributed by atoms with E-state index >= 15 is 0 Å². The number of phenolic OH excluding ortho intramolecular Hbond substituents is 1. The van der Waals surface area contributed by atoms with Crippen LogP contribution in [0.15, 0.2) is 36.0 Å². The lowest BCUT2D eigenvalue weighted by Gasteiger charge is -2.31. The Morgan fingerprint density at radius 3 is 2.50 bits per heavy atom. The van der Waals surface area contributed by atoms with Gasteiger partial charge >= 0.3 is 0 Å². The van der Waals surface area contributed by atoms with Crippen molar-refractivity contribution in [2.24, 2.45) is 5.41 Å². The predicted molar refractivity (Wildman–Crippen MR) is 114 cm³/mol. The summed E-state index contributed by atoms with van der Waals surface area (Å²) in [4.78, 5) is 19.6. The molecule has 1 heterocycles. The van der Waals surface area contributed by atoms with Crippen molar-refractivity contribution in [3.8, 4) is 5.75 Å². The first-order chi connectivity index (χ1) is 14.1. The van der Waals surface area contributed by atoms with Crippen LogP contribution in [-0.2, 0) is 11.2 Å². The molecule has 0 unspecified atom stereocenters. The van der Waals surface area contributed by atoms with E-state index in [2.05, 4.69) is 10.3 Å². The number of carbonyl (C=O) groups excluding carboxylic acids is 1. The molecule has 164 valence electrons. The van der Waals surface area contributed by atoms with Gasteiger partial charge in [0.15, 0.2) is 0 Å². The molecule has 0 radical (unpaired) electrons. The number of halogens is 2. The molecule has 2 aromatic rings. The van der Waals surface area contributed by atoms with Gasteiger partial charge in [0.1, 0.15) is 5.75 Å². The second-order valence-corrected chi connectivity index (χ2v) is 9.42. The number of likely N-dealkylation sites (N-methyl/N-ethyl adjacent to an activating group) is 1. The van der Waals surface area contributed by atoms with Crippen molar-refractivity contribution in [2.75, 3.05) is 20.6 Å². The van der Waals surface area contributed by atoms with Crippen molar-refractivity contribution in [3.63, 3.8) is 0 Å². The molecule has 1 aliphatic rings. The fourth-order valence-electron chi connectivity index (χ4n) is 4.02. The molecular formula is C22H29F2N3O2S. The van der Waals surface area contributed by atoms with Crippen LogP contribution in [0.25, 0.3) is 0 Å². The van der Waals surface area contributed by atoms with E-state index in [1.165, 1.54) is 11.3 Å². The third kappa shape index (κ3) is 5.16. The molecule has 1 fully saturated rings. The number of amides is 1. The minimum absolute atomic E-state index is 0.0327. The zero-order chi connectivity index (χ0) is 21.9. The van der Waals surface area contributed by atoms with Crippen molar-refractivity contribution in [3.05, 3.63) is 46.4 Å². The van der Waals surface area contributed by atoms with Crippen molar-refractivity contribution in [1.29, 1.82) is 0 Å². The van der Waals surface area contributed by atoms with E-state index in [0.29, 0.717) is 25.8 Å². The number of hydrogen-bond acceptors (Lipinski definition) is 5. The first kappa shape index (κ1) is 22.6. The number of thiazole rings is 1.